The maximum Gasteiger partial charge on any atom is 0.356 e. The molecule has 0 atom stereocenters. The summed E-state index contributed by atoms with van der Waals surface area (Å²) in [5, 5.41) is 0.894. The average molecular weight is 472 g/mol. The number of hydrogen-bond donors (Lipinski definition) is 1. The first-order valence-electron chi connectivity index (χ1n) is 9.67. The minimum atomic E-state index is -0.553. The van der Waals surface area contributed by atoms with E-state index in [-0.39, 0.29) is 12.5 Å². The Hall–Kier alpha value is -3.00. The van der Waals surface area contributed by atoms with Crippen LogP contribution in [0.15, 0.2) is 53.0 Å². The fourth-order valence-corrected chi connectivity index (χ4v) is 4.15. The lowest BCUT2D eigenvalue weighted by Crippen LogP contribution is -2.49. The highest BCUT2D eigenvalue weighted by Crippen LogP contribution is 2.28. The van der Waals surface area contributed by atoms with Gasteiger partial charge >= 0.3 is 5.97 Å². The van der Waals surface area contributed by atoms with Gasteiger partial charge in [0, 0.05) is 42.8 Å². The largest absolute Gasteiger partial charge is 0.497 e. The van der Waals surface area contributed by atoms with Gasteiger partial charge < -0.3 is 24.3 Å². The van der Waals surface area contributed by atoms with Crippen LogP contribution in [0, 0.1) is 0 Å². The highest BCUT2D eigenvalue weighted by Gasteiger charge is 2.24. The van der Waals surface area contributed by atoms with Crippen molar-refractivity contribution in [3.05, 3.63) is 58.7 Å². The average Bonchev–Trinajstić information content (AvgIpc) is 3.14. The van der Waals surface area contributed by atoms with Crippen molar-refractivity contribution in [2.24, 2.45) is 0 Å². The quantitative estimate of drug-likeness (QED) is 0.576. The van der Waals surface area contributed by atoms with Crippen molar-refractivity contribution in [1.29, 1.82) is 0 Å². The Balaban J connectivity index is 1.30. The minimum Gasteiger partial charge on any atom is -0.497 e. The van der Waals surface area contributed by atoms with Crippen molar-refractivity contribution >= 4 is 44.4 Å². The van der Waals surface area contributed by atoms with Gasteiger partial charge in [0.05, 0.1) is 11.6 Å². The van der Waals surface area contributed by atoms with E-state index in [0.717, 1.165) is 35.4 Å². The molecule has 0 saturated carbocycles. The summed E-state index contributed by atoms with van der Waals surface area (Å²) >= 11 is 3.43. The van der Waals surface area contributed by atoms with Crippen LogP contribution in [0.1, 0.15) is 10.5 Å². The summed E-state index contributed by atoms with van der Waals surface area (Å²) in [4.78, 5) is 31.9. The molecule has 1 fully saturated rings. The number of aromatic amines is 1. The second-order valence-electron chi connectivity index (χ2n) is 7.00. The van der Waals surface area contributed by atoms with Crippen molar-refractivity contribution in [2.75, 3.05) is 44.8 Å². The molecule has 3 aromatic rings. The summed E-state index contributed by atoms with van der Waals surface area (Å²) in [5.41, 5.74) is 2.24. The van der Waals surface area contributed by atoms with E-state index >= 15 is 0 Å². The van der Waals surface area contributed by atoms with Gasteiger partial charge in [-0.2, -0.15) is 0 Å². The fraction of sp³-hybridized carbons (Fsp3) is 0.273. The number of esters is 1. The molecule has 30 heavy (non-hydrogen) atoms. The van der Waals surface area contributed by atoms with Gasteiger partial charge in [-0.15, -0.1) is 0 Å². The minimum absolute atomic E-state index is 0.190. The van der Waals surface area contributed by atoms with Gasteiger partial charge in [-0.05, 0) is 46.3 Å². The number of H-pyrrole nitrogens is 1. The number of aromatic nitrogens is 1. The summed E-state index contributed by atoms with van der Waals surface area (Å²) in [6.45, 7) is 2.33. The number of halogens is 1. The second-order valence-corrected chi connectivity index (χ2v) is 7.79. The zero-order valence-electron chi connectivity index (χ0n) is 16.6. The lowest BCUT2D eigenvalue weighted by Gasteiger charge is -2.36. The standard InChI is InChI=1S/C22H22BrN3O4/c1-29-16-8-6-15(7-9-16)25-10-12-26(13-11-25)19(27)14-30-22(28)21-20(23)17-4-2-3-5-18(17)24-21/h2-9,24H,10-14H2,1H3. The number of hydrogen-bond acceptors (Lipinski definition) is 5. The molecule has 0 unspecified atom stereocenters. The molecular formula is C22H22BrN3O4. The molecule has 156 valence electrons. The molecule has 1 aliphatic heterocycles. The Morgan fingerprint density at radius 2 is 1.73 bits per heavy atom. The molecule has 1 aliphatic rings. The fourth-order valence-electron chi connectivity index (χ4n) is 3.55. The SMILES string of the molecule is COc1ccc(N2CCN(C(=O)COC(=O)c3[nH]c4ccccc4c3Br)CC2)cc1. The molecule has 0 aliphatic carbocycles. The lowest BCUT2D eigenvalue weighted by molar-refractivity contribution is -0.134. The molecule has 1 amide bonds. The summed E-state index contributed by atoms with van der Waals surface area (Å²) in [6, 6.07) is 15.4. The Morgan fingerprint density at radius 3 is 2.40 bits per heavy atom. The predicted molar refractivity (Wildman–Crippen MR) is 118 cm³/mol. The van der Waals surface area contributed by atoms with E-state index in [4.69, 9.17) is 9.47 Å². The molecule has 0 spiro atoms. The Kier molecular flexibility index (Phi) is 5.94. The predicted octanol–water partition coefficient (Wildman–Crippen LogP) is 3.44. The normalized spacial score (nSPS) is 14.1. The first-order valence-corrected chi connectivity index (χ1v) is 10.5. The van der Waals surface area contributed by atoms with Crippen molar-refractivity contribution in [1.82, 2.24) is 9.88 Å². The van der Waals surface area contributed by atoms with E-state index in [2.05, 4.69) is 25.8 Å². The number of methoxy groups -OCH3 is 1. The smallest absolute Gasteiger partial charge is 0.356 e. The van der Waals surface area contributed by atoms with Crippen LogP contribution in [0.3, 0.4) is 0 Å². The Labute approximate surface area is 182 Å². The zero-order valence-corrected chi connectivity index (χ0v) is 18.1. The van der Waals surface area contributed by atoms with E-state index < -0.39 is 5.97 Å². The molecule has 0 bridgehead atoms. The number of rotatable bonds is 5. The van der Waals surface area contributed by atoms with Gasteiger partial charge in [-0.25, -0.2) is 4.79 Å². The third-order valence-electron chi connectivity index (χ3n) is 5.24. The van der Waals surface area contributed by atoms with Gasteiger partial charge in [0.25, 0.3) is 5.91 Å². The summed E-state index contributed by atoms with van der Waals surface area (Å²) in [5.74, 6) is 0.0734. The van der Waals surface area contributed by atoms with Crippen molar-refractivity contribution in [3.8, 4) is 5.75 Å². The number of nitrogens with one attached hydrogen (secondary N) is 1. The first-order chi connectivity index (χ1) is 14.6. The topological polar surface area (TPSA) is 74.9 Å². The van der Waals surface area contributed by atoms with Crippen LogP contribution >= 0.6 is 15.9 Å². The lowest BCUT2D eigenvalue weighted by atomic mass is 10.2. The number of para-hydroxylation sites is 1. The van der Waals surface area contributed by atoms with Crippen LogP contribution in [0.2, 0.25) is 0 Å². The third kappa shape index (κ3) is 4.14. The second kappa shape index (κ2) is 8.79. The van der Waals surface area contributed by atoms with E-state index in [1.54, 1.807) is 12.0 Å². The number of piperazine rings is 1. The summed E-state index contributed by atoms with van der Waals surface area (Å²) in [7, 11) is 1.64. The number of fused-ring (bicyclic) bond motifs is 1. The summed E-state index contributed by atoms with van der Waals surface area (Å²) in [6.07, 6.45) is 0. The van der Waals surface area contributed by atoms with Crippen LogP contribution in [-0.4, -0.2) is 61.7 Å². The molecule has 2 aromatic carbocycles. The maximum atomic E-state index is 12.5. The molecule has 8 heteroatoms. The first kappa shape index (κ1) is 20.3. The van der Waals surface area contributed by atoms with Gasteiger partial charge in [-0.1, -0.05) is 18.2 Å². The number of ether oxygens (including phenoxy) is 2. The number of anilines is 1. The molecule has 7 nitrogen and oxygen atoms in total. The van der Waals surface area contributed by atoms with Crippen molar-refractivity contribution in [2.45, 2.75) is 0 Å². The van der Waals surface area contributed by atoms with Crippen LogP contribution in [0.5, 0.6) is 5.75 Å². The highest BCUT2D eigenvalue weighted by molar-refractivity contribution is 9.10. The van der Waals surface area contributed by atoms with Crippen LogP contribution in [0.4, 0.5) is 5.69 Å². The van der Waals surface area contributed by atoms with E-state index in [1.807, 2.05) is 48.5 Å². The summed E-state index contributed by atoms with van der Waals surface area (Å²) < 4.78 is 11.1. The molecule has 0 radical (unpaired) electrons. The monoisotopic (exact) mass is 471 g/mol. The number of carbonyl (C=O) groups is 2. The molecular weight excluding hydrogens is 450 g/mol. The third-order valence-corrected chi connectivity index (χ3v) is 6.07. The van der Waals surface area contributed by atoms with Crippen molar-refractivity contribution in [3.63, 3.8) is 0 Å². The molecule has 4 rings (SSSR count). The van der Waals surface area contributed by atoms with Crippen LogP contribution in [-0.2, 0) is 9.53 Å². The van der Waals surface area contributed by atoms with Crippen LogP contribution < -0.4 is 9.64 Å². The van der Waals surface area contributed by atoms with Gasteiger partial charge in [-0.3, -0.25) is 4.79 Å². The number of amides is 1. The van der Waals surface area contributed by atoms with Crippen molar-refractivity contribution < 1.29 is 19.1 Å². The van der Waals surface area contributed by atoms with E-state index in [1.165, 1.54) is 0 Å². The van der Waals surface area contributed by atoms with E-state index in [0.29, 0.717) is 23.3 Å². The van der Waals surface area contributed by atoms with Crippen LogP contribution in [0.25, 0.3) is 10.9 Å². The number of carbonyl (C=O) groups excluding carboxylic acids is 2. The Morgan fingerprint density at radius 1 is 1.03 bits per heavy atom. The highest BCUT2D eigenvalue weighted by atomic mass is 79.9. The molecule has 1 aromatic heterocycles. The molecule has 1 N–H and O–H groups in total. The van der Waals surface area contributed by atoms with E-state index in [9.17, 15) is 9.59 Å². The Bertz CT molecular complexity index is 1060. The maximum absolute atomic E-state index is 12.5. The van der Waals surface area contributed by atoms with Gasteiger partial charge in [0.15, 0.2) is 6.61 Å². The number of nitrogens with zero attached hydrogens (tertiary/aromatic N) is 2. The number of benzene rings is 2. The molecule has 1 saturated heterocycles. The zero-order chi connectivity index (χ0) is 21.1. The molecule has 2 heterocycles. The van der Waals surface area contributed by atoms with Gasteiger partial charge in [0.1, 0.15) is 11.4 Å². The van der Waals surface area contributed by atoms with Gasteiger partial charge in [0.2, 0.25) is 0 Å².